The fourth-order valence-corrected chi connectivity index (χ4v) is 2.79. The van der Waals surface area contributed by atoms with Gasteiger partial charge < -0.3 is 15.0 Å². The van der Waals surface area contributed by atoms with Gasteiger partial charge in [-0.25, -0.2) is 4.98 Å². The Labute approximate surface area is 159 Å². The fourth-order valence-electron chi connectivity index (χ4n) is 2.79. The smallest absolute Gasteiger partial charge is 0.272 e. The normalized spacial score (nSPS) is 10.3. The number of para-hydroxylation sites is 2. The van der Waals surface area contributed by atoms with Gasteiger partial charge in [-0.15, -0.1) is 0 Å². The summed E-state index contributed by atoms with van der Waals surface area (Å²) in [5.74, 6) is 0.669. The average molecular weight is 361 g/mol. The fraction of sp³-hybridized carbons (Fsp3) is 0.182. The van der Waals surface area contributed by atoms with E-state index in [9.17, 15) is 4.79 Å². The molecule has 0 saturated heterocycles. The predicted octanol–water partition coefficient (Wildman–Crippen LogP) is 4.50. The van der Waals surface area contributed by atoms with Crippen molar-refractivity contribution >= 4 is 17.3 Å². The molecule has 1 N–H and O–H groups in total. The van der Waals surface area contributed by atoms with Crippen LogP contribution in [0.1, 0.15) is 23.0 Å². The predicted molar refractivity (Wildman–Crippen MR) is 107 cm³/mol. The van der Waals surface area contributed by atoms with Crippen LogP contribution >= 0.6 is 0 Å². The van der Waals surface area contributed by atoms with Crippen molar-refractivity contribution in [3.05, 3.63) is 84.2 Å². The molecule has 0 aliphatic rings. The van der Waals surface area contributed by atoms with Gasteiger partial charge in [0, 0.05) is 13.1 Å². The summed E-state index contributed by atoms with van der Waals surface area (Å²) in [5, 5.41) is 3.26. The highest BCUT2D eigenvalue weighted by atomic mass is 16.5. The Morgan fingerprint density at radius 1 is 1.04 bits per heavy atom. The zero-order chi connectivity index (χ0) is 19.1. The molecule has 5 nitrogen and oxygen atoms in total. The maximum Gasteiger partial charge on any atom is 0.272 e. The first-order valence-corrected chi connectivity index (χ1v) is 8.90. The molecular formula is C22H23N3O2. The number of rotatable bonds is 7. The maximum absolute atomic E-state index is 12.8. The number of benzene rings is 2. The third-order valence-corrected chi connectivity index (χ3v) is 4.25. The van der Waals surface area contributed by atoms with Crippen LogP contribution in [0.3, 0.4) is 0 Å². The minimum absolute atomic E-state index is 0.0785. The lowest BCUT2D eigenvalue weighted by molar-refractivity contribution is 0.0746. The first-order chi connectivity index (χ1) is 13.2. The number of ether oxygens (including phenoxy) is 1. The molecule has 0 aliphatic heterocycles. The molecule has 0 atom stereocenters. The summed E-state index contributed by atoms with van der Waals surface area (Å²) in [6.07, 6.45) is 1.66. The third-order valence-electron chi connectivity index (χ3n) is 4.25. The Morgan fingerprint density at radius 2 is 1.78 bits per heavy atom. The monoisotopic (exact) mass is 361 g/mol. The number of hydrogen-bond donors (Lipinski definition) is 1. The molecule has 138 valence electrons. The van der Waals surface area contributed by atoms with Crippen LogP contribution in [0, 0.1) is 0 Å². The van der Waals surface area contributed by atoms with Gasteiger partial charge in [-0.3, -0.25) is 4.79 Å². The van der Waals surface area contributed by atoms with E-state index in [0.29, 0.717) is 18.8 Å². The standard InChI is InChI=1S/C22H23N3O2/c1-3-25(16-17-9-5-4-6-10-17)22(26)20-14-13-18(15-23-20)24-19-11-7-8-12-21(19)27-2/h4-15,24H,3,16H2,1-2H3. The summed E-state index contributed by atoms with van der Waals surface area (Å²) < 4.78 is 5.34. The first kappa shape index (κ1) is 18.5. The largest absolute Gasteiger partial charge is 0.495 e. The van der Waals surface area contributed by atoms with Gasteiger partial charge in [0.05, 0.1) is 24.7 Å². The van der Waals surface area contributed by atoms with Crippen LogP contribution in [0.25, 0.3) is 0 Å². The second-order valence-electron chi connectivity index (χ2n) is 6.06. The van der Waals surface area contributed by atoms with Gasteiger partial charge in [0.1, 0.15) is 11.4 Å². The minimum atomic E-state index is -0.0785. The number of carbonyl (C=O) groups is 1. The highest BCUT2D eigenvalue weighted by molar-refractivity contribution is 5.92. The van der Waals surface area contributed by atoms with Crippen molar-refractivity contribution in [1.29, 1.82) is 0 Å². The van der Waals surface area contributed by atoms with Crippen molar-refractivity contribution in [2.75, 3.05) is 19.0 Å². The van der Waals surface area contributed by atoms with Crippen LogP contribution in [-0.4, -0.2) is 29.4 Å². The van der Waals surface area contributed by atoms with E-state index >= 15 is 0 Å². The van der Waals surface area contributed by atoms with E-state index in [1.165, 1.54) is 0 Å². The first-order valence-electron chi connectivity index (χ1n) is 8.90. The van der Waals surface area contributed by atoms with Crippen LogP contribution < -0.4 is 10.1 Å². The Kier molecular flexibility index (Phi) is 6.05. The number of aromatic nitrogens is 1. The molecule has 2 aromatic carbocycles. The van der Waals surface area contributed by atoms with E-state index < -0.39 is 0 Å². The van der Waals surface area contributed by atoms with E-state index in [1.807, 2.05) is 67.6 Å². The molecule has 1 heterocycles. The van der Waals surface area contributed by atoms with Gasteiger partial charge in [0.2, 0.25) is 0 Å². The summed E-state index contributed by atoms with van der Waals surface area (Å²) >= 11 is 0. The molecular weight excluding hydrogens is 338 g/mol. The van der Waals surface area contributed by atoms with Gasteiger partial charge in [-0.1, -0.05) is 42.5 Å². The number of amides is 1. The van der Waals surface area contributed by atoms with Crippen molar-refractivity contribution in [3.63, 3.8) is 0 Å². The number of methoxy groups -OCH3 is 1. The molecule has 3 rings (SSSR count). The molecule has 0 spiro atoms. The lowest BCUT2D eigenvalue weighted by Gasteiger charge is -2.20. The van der Waals surface area contributed by atoms with Crippen molar-refractivity contribution in [2.24, 2.45) is 0 Å². The van der Waals surface area contributed by atoms with E-state index in [4.69, 9.17) is 4.74 Å². The van der Waals surface area contributed by atoms with E-state index in [2.05, 4.69) is 10.3 Å². The molecule has 27 heavy (non-hydrogen) atoms. The number of carbonyl (C=O) groups excluding carboxylic acids is 1. The molecule has 0 bridgehead atoms. The van der Waals surface area contributed by atoms with Gasteiger partial charge in [-0.05, 0) is 36.8 Å². The number of hydrogen-bond acceptors (Lipinski definition) is 4. The molecule has 3 aromatic rings. The zero-order valence-corrected chi connectivity index (χ0v) is 15.6. The van der Waals surface area contributed by atoms with Crippen molar-refractivity contribution in [3.8, 4) is 5.75 Å². The number of nitrogens with zero attached hydrogens (tertiary/aromatic N) is 2. The molecule has 0 radical (unpaired) electrons. The van der Waals surface area contributed by atoms with Crippen LogP contribution in [0.4, 0.5) is 11.4 Å². The van der Waals surface area contributed by atoms with Crippen LogP contribution in [0.2, 0.25) is 0 Å². The summed E-state index contributed by atoms with van der Waals surface area (Å²) in [7, 11) is 1.63. The molecule has 0 aliphatic carbocycles. The average Bonchev–Trinajstić information content (AvgIpc) is 2.73. The number of nitrogens with one attached hydrogen (secondary N) is 1. The zero-order valence-electron chi connectivity index (χ0n) is 15.6. The van der Waals surface area contributed by atoms with Crippen molar-refractivity contribution in [1.82, 2.24) is 9.88 Å². The number of anilines is 2. The highest BCUT2D eigenvalue weighted by Gasteiger charge is 2.16. The lowest BCUT2D eigenvalue weighted by Crippen LogP contribution is -2.30. The molecule has 1 aromatic heterocycles. The van der Waals surface area contributed by atoms with Crippen molar-refractivity contribution < 1.29 is 9.53 Å². The quantitative estimate of drug-likeness (QED) is 0.673. The molecule has 0 saturated carbocycles. The third kappa shape index (κ3) is 4.64. The van der Waals surface area contributed by atoms with Gasteiger partial charge in [0.25, 0.3) is 5.91 Å². The van der Waals surface area contributed by atoms with Crippen molar-refractivity contribution in [2.45, 2.75) is 13.5 Å². The second kappa shape index (κ2) is 8.85. The van der Waals surface area contributed by atoms with E-state index in [1.54, 1.807) is 24.3 Å². The minimum Gasteiger partial charge on any atom is -0.495 e. The maximum atomic E-state index is 12.8. The summed E-state index contributed by atoms with van der Waals surface area (Å²) in [5.41, 5.74) is 3.17. The molecule has 5 heteroatoms. The lowest BCUT2D eigenvalue weighted by atomic mass is 10.2. The van der Waals surface area contributed by atoms with Gasteiger partial charge in [0.15, 0.2) is 0 Å². The Morgan fingerprint density at radius 3 is 2.44 bits per heavy atom. The second-order valence-corrected chi connectivity index (χ2v) is 6.06. The van der Waals surface area contributed by atoms with Crippen LogP contribution in [0.5, 0.6) is 5.75 Å². The molecule has 0 unspecified atom stereocenters. The van der Waals surface area contributed by atoms with Crippen LogP contribution in [0.15, 0.2) is 72.9 Å². The van der Waals surface area contributed by atoms with Gasteiger partial charge in [-0.2, -0.15) is 0 Å². The van der Waals surface area contributed by atoms with Crippen LogP contribution in [-0.2, 0) is 6.54 Å². The summed E-state index contributed by atoms with van der Waals surface area (Å²) in [4.78, 5) is 18.9. The molecule has 1 amide bonds. The summed E-state index contributed by atoms with van der Waals surface area (Å²) in [6, 6.07) is 21.2. The van der Waals surface area contributed by atoms with Gasteiger partial charge >= 0.3 is 0 Å². The Hall–Kier alpha value is -3.34. The summed E-state index contributed by atoms with van der Waals surface area (Å²) in [6.45, 7) is 3.16. The highest BCUT2D eigenvalue weighted by Crippen LogP contribution is 2.26. The topological polar surface area (TPSA) is 54.5 Å². The molecule has 0 fully saturated rings. The number of pyridine rings is 1. The van der Waals surface area contributed by atoms with E-state index in [-0.39, 0.29) is 5.91 Å². The van der Waals surface area contributed by atoms with E-state index in [0.717, 1.165) is 22.7 Å². The Bertz CT molecular complexity index is 880. The SMILES string of the molecule is CCN(Cc1ccccc1)C(=O)c1ccc(Nc2ccccc2OC)cn1. The Balaban J connectivity index is 1.71.